The lowest BCUT2D eigenvalue weighted by Crippen LogP contribution is -2.31. The van der Waals surface area contributed by atoms with E-state index in [9.17, 15) is 4.79 Å². The lowest BCUT2D eigenvalue weighted by Gasteiger charge is -2.25. The molecule has 0 aliphatic rings. The number of carbonyl (C=O) groups is 1. The fourth-order valence-corrected chi connectivity index (χ4v) is 2.50. The summed E-state index contributed by atoms with van der Waals surface area (Å²) in [5.41, 5.74) is 1.27. The Morgan fingerprint density at radius 2 is 1.80 bits per heavy atom. The second kappa shape index (κ2) is 9.39. The molecule has 0 saturated heterocycles. The molecule has 0 bridgehead atoms. The van der Waals surface area contributed by atoms with Gasteiger partial charge in [-0.2, -0.15) is 0 Å². The van der Waals surface area contributed by atoms with Crippen LogP contribution in [-0.4, -0.2) is 48.9 Å². The number of amides is 1. The van der Waals surface area contributed by atoms with Crippen molar-refractivity contribution in [1.29, 1.82) is 0 Å². The van der Waals surface area contributed by atoms with Crippen molar-refractivity contribution in [3.05, 3.63) is 59.5 Å². The van der Waals surface area contributed by atoms with Gasteiger partial charge < -0.3 is 14.6 Å². The molecule has 136 valence electrons. The van der Waals surface area contributed by atoms with Crippen LogP contribution >= 0.6 is 0 Å². The Hall–Kier alpha value is -2.11. The first-order valence-electron chi connectivity index (χ1n) is 8.75. The highest BCUT2D eigenvalue weighted by molar-refractivity contribution is 5.91. The molecule has 0 fully saturated rings. The number of benzene rings is 1. The summed E-state index contributed by atoms with van der Waals surface area (Å²) in [4.78, 5) is 16.5. The van der Waals surface area contributed by atoms with E-state index < -0.39 is 0 Å². The molecule has 0 radical (unpaired) electrons. The third kappa shape index (κ3) is 6.36. The average molecular weight is 343 g/mol. The van der Waals surface area contributed by atoms with E-state index in [1.165, 1.54) is 5.56 Å². The van der Waals surface area contributed by atoms with Gasteiger partial charge in [0.1, 0.15) is 5.76 Å². The molecule has 0 spiro atoms. The molecule has 1 aromatic heterocycles. The standard InChI is InChI=1S/C20H29N3O2/c1-16(2)23(14-17-8-6-5-7-9-17)15-18-10-11-19(25-18)20(24)21-12-13-22(3)4/h5-11,16H,12-15H2,1-4H3,(H,21,24). The highest BCUT2D eigenvalue weighted by Crippen LogP contribution is 2.15. The van der Waals surface area contributed by atoms with Crippen LogP contribution in [0.5, 0.6) is 0 Å². The number of nitrogens with zero attached hydrogens (tertiary/aromatic N) is 2. The fourth-order valence-electron chi connectivity index (χ4n) is 2.50. The van der Waals surface area contributed by atoms with E-state index in [-0.39, 0.29) is 5.91 Å². The second-order valence-electron chi connectivity index (χ2n) is 6.81. The highest BCUT2D eigenvalue weighted by atomic mass is 16.4. The second-order valence-corrected chi connectivity index (χ2v) is 6.81. The molecular weight excluding hydrogens is 314 g/mol. The summed E-state index contributed by atoms with van der Waals surface area (Å²) >= 11 is 0. The molecule has 0 atom stereocenters. The molecule has 1 N–H and O–H groups in total. The SMILES string of the molecule is CC(C)N(Cc1ccccc1)Cc1ccc(C(=O)NCCN(C)C)o1. The maximum atomic E-state index is 12.1. The van der Waals surface area contributed by atoms with Crippen molar-refractivity contribution in [3.8, 4) is 0 Å². The van der Waals surface area contributed by atoms with Gasteiger partial charge in [-0.3, -0.25) is 9.69 Å². The van der Waals surface area contributed by atoms with Crippen LogP contribution in [0, 0.1) is 0 Å². The summed E-state index contributed by atoms with van der Waals surface area (Å²) in [5.74, 6) is 1.02. The van der Waals surface area contributed by atoms with E-state index in [2.05, 4.69) is 48.3 Å². The number of nitrogens with one attached hydrogen (secondary N) is 1. The van der Waals surface area contributed by atoms with Crippen molar-refractivity contribution >= 4 is 5.91 Å². The lowest BCUT2D eigenvalue weighted by molar-refractivity contribution is 0.0918. The topological polar surface area (TPSA) is 48.7 Å². The van der Waals surface area contributed by atoms with Gasteiger partial charge in [-0.1, -0.05) is 30.3 Å². The smallest absolute Gasteiger partial charge is 0.287 e. The van der Waals surface area contributed by atoms with Crippen molar-refractivity contribution < 1.29 is 9.21 Å². The van der Waals surface area contributed by atoms with Gasteiger partial charge in [-0.25, -0.2) is 0 Å². The summed E-state index contributed by atoms with van der Waals surface area (Å²) in [6.45, 7) is 7.27. The maximum absolute atomic E-state index is 12.1. The van der Waals surface area contributed by atoms with Crippen LogP contribution in [0.3, 0.4) is 0 Å². The van der Waals surface area contributed by atoms with Gasteiger partial charge in [-0.05, 0) is 45.6 Å². The molecule has 0 aliphatic carbocycles. The van der Waals surface area contributed by atoms with Crippen LogP contribution < -0.4 is 5.32 Å². The van der Waals surface area contributed by atoms with Gasteiger partial charge >= 0.3 is 0 Å². The van der Waals surface area contributed by atoms with Crippen LogP contribution in [0.25, 0.3) is 0 Å². The molecule has 0 unspecified atom stereocenters. The first-order valence-corrected chi connectivity index (χ1v) is 8.75. The zero-order valence-electron chi connectivity index (χ0n) is 15.7. The van der Waals surface area contributed by atoms with Crippen LogP contribution in [0.2, 0.25) is 0 Å². The summed E-state index contributed by atoms with van der Waals surface area (Å²) in [7, 11) is 3.95. The van der Waals surface area contributed by atoms with Crippen LogP contribution in [-0.2, 0) is 13.1 Å². The summed E-state index contributed by atoms with van der Waals surface area (Å²) in [6.07, 6.45) is 0. The molecule has 0 aliphatic heterocycles. The minimum atomic E-state index is -0.160. The van der Waals surface area contributed by atoms with E-state index in [4.69, 9.17) is 4.42 Å². The average Bonchev–Trinajstić information content (AvgIpc) is 3.03. The first kappa shape index (κ1) is 19.2. The highest BCUT2D eigenvalue weighted by Gasteiger charge is 2.15. The summed E-state index contributed by atoms with van der Waals surface area (Å²) in [5, 5.41) is 2.87. The van der Waals surface area contributed by atoms with Crippen LogP contribution in [0.4, 0.5) is 0 Å². The van der Waals surface area contributed by atoms with Gasteiger partial charge in [0.2, 0.25) is 0 Å². The molecule has 0 saturated carbocycles. The van der Waals surface area contributed by atoms with Gasteiger partial charge in [0, 0.05) is 25.7 Å². The maximum Gasteiger partial charge on any atom is 0.287 e. The van der Waals surface area contributed by atoms with Crippen molar-refractivity contribution in [1.82, 2.24) is 15.1 Å². The zero-order valence-corrected chi connectivity index (χ0v) is 15.7. The Kier molecular flexibility index (Phi) is 7.22. The minimum Gasteiger partial charge on any atom is -0.455 e. The third-order valence-electron chi connectivity index (χ3n) is 4.05. The van der Waals surface area contributed by atoms with E-state index >= 15 is 0 Å². The number of carbonyl (C=O) groups excluding carboxylic acids is 1. The monoisotopic (exact) mass is 343 g/mol. The Bertz CT molecular complexity index is 650. The zero-order chi connectivity index (χ0) is 18.2. The van der Waals surface area contributed by atoms with Crippen LogP contribution in [0.15, 0.2) is 46.9 Å². The lowest BCUT2D eigenvalue weighted by atomic mass is 10.2. The predicted octanol–water partition coefficient (Wildman–Crippen LogP) is 2.98. The van der Waals surface area contributed by atoms with E-state index in [1.807, 2.05) is 31.1 Å². The van der Waals surface area contributed by atoms with E-state index in [1.54, 1.807) is 6.07 Å². The Morgan fingerprint density at radius 1 is 1.08 bits per heavy atom. The molecule has 2 rings (SSSR count). The van der Waals surface area contributed by atoms with Crippen molar-refractivity contribution in [2.45, 2.75) is 33.0 Å². The molecule has 5 nitrogen and oxygen atoms in total. The Labute approximate surface area is 150 Å². The van der Waals surface area contributed by atoms with Gasteiger partial charge in [0.15, 0.2) is 5.76 Å². The molecule has 1 aromatic carbocycles. The van der Waals surface area contributed by atoms with Gasteiger partial charge in [-0.15, -0.1) is 0 Å². The number of hydrogen-bond acceptors (Lipinski definition) is 4. The first-order chi connectivity index (χ1) is 12.0. The molecule has 25 heavy (non-hydrogen) atoms. The van der Waals surface area contributed by atoms with Crippen molar-refractivity contribution in [2.24, 2.45) is 0 Å². The number of likely N-dealkylation sites (N-methyl/N-ethyl adjacent to an activating group) is 1. The molecule has 1 heterocycles. The van der Waals surface area contributed by atoms with Crippen molar-refractivity contribution in [2.75, 3.05) is 27.2 Å². The predicted molar refractivity (Wildman–Crippen MR) is 100 cm³/mol. The molecule has 1 amide bonds. The normalized spacial score (nSPS) is 11.5. The van der Waals surface area contributed by atoms with Crippen LogP contribution in [0.1, 0.15) is 35.7 Å². The summed E-state index contributed by atoms with van der Waals surface area (Å²) < 4.78 is 5.75. The Balaban J connectivity index is 1.94. The molecule has 5 heteroatoms. The van der Waals surface area contributed by atoms with Gasteiger partial charge in [0.05, 0.1) is 6.54 Å². The van der Waals surface area contributed by atoms with E-state index in [0.29, 0.717) is 24.9 Å². The fraction of sp³-hybridized carbons (Fsp3) is 0.450. The molecule has 2 aromatic rings. The Morgan fingerprint density at radius 3 is 2.44 bits per heavy atom. The third-order valence-corrected chi connectivity index (χ3v) is 4.05. The quantitative estimate of drug-likeness (QED) is 0.760. The van der Waals surface area contributed by atoms with E-state index in [0.717, 1.165) is 18.8 Å². The van der Waals surface area contributed by atoms with Gasteiger partial charge in [0.25, 0.3) is 5.91 Å². The largest absolute Gasteiger partial charge is 0.455 e. The number of furan rings is 1. The minimum absolute atomic E-state index is 0.160. The number of hydrogen-bond donors (Lipinski definition) is 1. The summed E-state index contributed by atoms with van der Waals surface area (Å²) in [6, 6.07) is 14.4. The number of rotatable bonds is 9. The van der Waals surface area contributed by atoms with Crippen molar-refractivity contribution in [3.63, 3.8) is 0 Å². The molecular formula is C20H29N3O2.